The first kappa shape index (κ1) is 29.6. The molecule has 10 nitrogen and oxygen atoms in total. The van der Waals surface area contributed by atoms with E-state index in [1.165, 1.54) is 46.8 Å². The van der Waals surface area contributed by atoms with Crippen LogP contribution in [0.25, 0.3) is 22.2 Å². The lowest BCUT2D eigenvalue weighted by molar-refractivity contribution is 0.0728. The molecule has 0 unspecified atom stereocenters. The van der Waals surface area contributed by atoms with Crippen molar-refractivity contribution >= 4 is 29.0 Å². The molecule has 222 valence electrons. The summed E-state index contributed by atoms with van der Waals surface area (Å²) in [5.74, 6) is 0.410. The normalized spacial score (nSPS) is 10.8. The first-order chi connectivity index (χ1) is 21.4. The minimum absolute atomic E-state index is 0.184. The van der Waals surface area contributed by atoms with E-state index in [1.807, 2.05) is 54.6 Å². The van der Waals surface area contributed by atoms with E-state index in [0.29, 0.717) is 45.0 Å². The molecule has 44 heavy (non-hydrogen) atoms. The van der Waals surface area contributed by atoms with Gasteiger partial charge in [0.1, 0.15) is 0 Å². The number of esters is 1. The zero-order chi connectivity index (χ0) is 31.1. The summed E-state index contributed by atoms with van der Waals surface area (Å²) in [4.78, 5) is 30.9. The zero-order valence-corrected chi connectivity index (χ0v) is 24.5. The number of hydrazone groups is 1. The molecule has 0 aliphatic carbocycles. The number of benzene rings is 4. The Labute approximate surface area is 253 Å². The SMILES string of the molecule is COc1cc(C=NNC(=O)c2cc(-c3ccccc3)nc3ccccc23)ccc1OC(=O)c1cc(OC)c(OC)c(OC)c1. The molecule has 5 aromatic rings. The van der Waals surface area contributed by atoms with Crippen LogP contribution in [0.5, 0.6) is 28.7 Å². The quantitative estimate of drug-likeness (QED) is 0.0921. The van der Waals surface area contributed by atoms with E-state index in [0.717, 1.165) is 5.56 Å². The molecule has 1 aromatic heterocycles. The van der Waals surface area contributed by atoms with Gasteiger partial charge >= 0.3 is 5.97 Å². The number of rotatable bonds is 10. The van der Waals surface area contributed by atoms with Crippen LogP contribution >= 0.6 is 0 Å². The Balaban J connectivity index is 1.33. The number of pyridine rings is 1. The van der Waals surface area contributed by atoms with Gasteiger partial charge in [0.15, 0.2) is 23.0 Å². The van der Waals surface area contributed by atoms with E-state index >= 15 is 0 Å². The van der Waals surface area contributed by atoms with Crippen molar-refractivity contribution in [3.8, 4) is 40.0 Å². The number of para-hydroxylation sites is 1. The highest BCUT2D eigenvalue weighted by atomic mass is 16.6. The van der Waals surface area contributed by atoms with Gasteiger partial charge in [-0.15, -0.1) is 0 Å². The Morgan fingerprint density at radius 3 is 2.09 bits per heavy atom. The van der Waals surface area contributed by atoms with E-state index in [1.54, 1.807) is 24.3 Å². The topological polar surface area (TPSA) is 118 Å². The average Bonchev–Trinajstić information content (AvgIpc) is 3.07. The second-order valence-corrected chi connectivity index (χ2v) is 9.35. The molecule has 1 heterocycles. The molecule has 0 saturated carbocycles. The molecule has 0 saturated heterocycles. The van der Waals surface area contributed by atoms with Crippen molar-refractivity contribution in [3.05, 3.63) is 108 Å². The number of fused-ring (bicyclic) bond motifs is 1. The minimum atomic E-state index is -0.657. The molecule has 0 fully saturated rings. The lowest BCUT2D eigenvalue weighted by Gasteiger charge is -2.14. The van der Waals surface area contributed by atoms with Crippen LogP contribution in [-0.2, 0) is 0 Å². The number of amides is 1. The van der Waals surface area contributed by atoms with Crippen LogP contribution in [-0.4, -0.2) is 51.5 Å². The summed E-state index contributed by atoms with van der Waals surface area (Å²) in [6.45, 7) is 0. The highest BCUT2D eigenvalue weighted by Crippen LogP contribution is 2.39. The molecular weight excluding hydrogens is 562 g/mol. The number of ether oxygens (including phenoxy) is 5. The van der Waals surface area contributed by atoms with Crippen LogP contribution in [0, 0.1) is 0 Å². The lowest BCUT2D eigenvalue weighted by Crippen LogP contribution is -2.18. The zero-order valence-electron chi connectivity index (χ0n) is 24.5. The maximum absolute atomic E-state index is 13.2. The Morgan fingerprint density at radius 2 is 1.41 bits per heavy atom. The molecule has 1 amide bonds. The van der Waals surface area contributed by atoms with Crippen molar-refractivity contribution in [2.24, 2.45) is 5.10 Å². The third kappa shape index (κ3) is 6.29. The fourth-order valence-corrected chi connectivity index (χ4v) is 4.55. The molecule has 0 atom stereocenters. The Hall–Kier alpha value is -5.90. The number of methoxy groups -OCH3 is 4. The summed E-state index contributed by atoms with van der Waals surface area (Å²) in [6, 6.07) is 26.7. The van der Waals surface area contributed by atoms with Crippen molar-refractivity contribution in [2.45, 2.75) is 0 Å². The molecule has 0 aliphatic rings. The van der Waals surface area contributed by atoms with E-state index in [2.05, 4.69) is 10.5 Å². The minimum Gasteiger partial charge on any atom is -0.493 e. The van der Waals surface area contributed by atoms with E-state index in [-0.39, 0.29) is 23.0 Å². The van der Waals surface area contributed by atoms with Crippen molar-refractivity contribution in [1.29, 1.82) is 0 Å². The van der Waals surface area contributed by atoms with Gasteiger partial charge in [0.2, 0.25) is 5.75 Å². The first-order valence-electron chi connectivity index (χ1n) is 13.4. The fraction of sp³-hybridized carbons (Fsp3) is 0.118. The van der Waals surface area contributed by atoms with Crippen LogP contribution < -0.4 is 29.1 Å². The molecule has 0 radical (unpaired) electrons. The summed E-state index contributed by atoms with van der Waals surface area (Å²) in [5.41, 5.74) is 6.10. The van der Waals surface area contributed by atoms with Crippen molar-refractivity contribution in [3.63, 3.8) is 0 Å². The number of hydrogen-bond donors (Lipinski definition) is 1. The van der Waals surface area contributed by atoms with Gasteiger partial charge < -0.3 is 23.7 Å². The molecular formula is C34H29N3O7. The Bertz CT molecular complexity index is 1830. The number of aromatic nitrogens is 1. The monoisotopic (exact) mass is 591 g/mol. The number of nitrogens with zero attached hydrogens (tertiary/aromatic N) is 2. The van der Waals surface area contributed by atoms with E-state index in [4.69, 9.17) is 28.7 Å². The molecule has 1 N–H and O–H groups in total. The van der Waals surface area contributed by atoms with Gasteiger partial charge in [-0.3, -0.25) is 4.79 Å². The van der Waals surface area contributed by atoms with Gasteiger partial charge in [-0.1, -0.05) is 48.5 Å². The van der Waals surface area contributed by atoms with Crippen molar-refractivity contribution in [1.82, 2.24) is 10.4 Å². The van der Waals surface area contributed by atoms with Gasteiger partial charge in [-0.05, 0) is 48.0 Å². The van der Waals surface area contributed by atoms with E-state index in [9.17, 15) is 9.59 Å². The fourth-order valence-electron chi connectivity index (χ4n) is 4.55. The standard InChI is InChI=1S/C34H29N3O7/c1-40-29-16-21(14-15-28(29)44-34(39)23-17-30(41-2)32(43-4)31(18-23)42-3)20-35-37-33(38)25-19-27(22-10-6-5-7-11-22)36-26-13-9-8-12-24(25)26/h5-20H,1-4H3,(H,37,38). The average molecular weight is 592 g/mol. The highest BCUT2D eigenvalue weighted by molar-refractivity contribution is 6.07. The van der Waals surface area contributed by atoms with Gasteiger partial charge in [0.05, 0.1) is 57.0 Å². The molecule has 0 spiro atoms. The smallest absolute Gasteiger partial charge is 0.343 e. The predicted molar refractivity (Wildman–Crippen MR) is 166 cm³/mol. The molecule has 10 heteroatoms. The molecule has 4 aromatic carbocycles. The summed E-state index contributed by atoms with van der Waals surface area (Å²) in [7, 11) is 5.84. The first-order valence-corrected chi connectivity index (χ1v) is 13.4. The van der Waals surface area contributed by atoms with Gasteiger partial charge in [0.25, 0.3) is 5.91 Å². The van der Waals surface area contributed by atoms with E-state index < -0.39 is 5.97 Å². The van der Waals surface area contributed by atoms with Gasteiger partial charge in [-0.2, -0.15) is 5.10 Å². The molecule has 0 bridgehead atoms. The summed E-state index contributed by atoms with van der Waals surface area (Å²) < 4.78 is 27.0. The van der Waals surface area contributed by atoms with Crippen LogP contribution in [0.3, 0.4) is 0 Å². The lowest BCUT2D eigenvalue weighted by atomic mass is 10.0. The second-order valence-electron chi connectivity index (χ2n) is 9.35. The van der Waals surface area contributed by atoms with Crippen LogP contribution in [0.15, 0.2) is 96.1 Å². The molecule has 0 aliphatic heterocycles. The van der Waals surface area contributed by atoms with Crippen molar-refractivity contribution < 1.29 is 33.3 Å². The second kappa shape index (κ2) is 13.4. The van der Waals surface area contributed by atoms with Gasteiger partial charge in [0, 0.05) is 10.9 Å². The molecule has 5 rings (SSSR count). The summed E-state index contributed by atoms with van der Waals surface area (Å²) in [5, 5.41) is 4.86. The van der Waals surface area contributed by atoms with Crippen LogP contribution in [0.2, 0.25) is 0 Å². The Morgan fingerprint density at radius 1 is 0.727 bits per heavy atom. The largest absolute Gasteiger partial charge is 0.493 e. The number of carbonyl (C=O) groups is 2. The highest BCUT2D eigenvalue weighted by Gasteiger charge is 2.20. The maximum atomic E-state index is 13.2. The third-order valence-electron chi connectivity index (χ3n) is 6.70. The third-order valence-corrected chi connectivity index (χ3v) is 6.70. The predicted octanol–water partition coefficient (Wildman–Crippen LogP) is 5.92. The number of nitrogens with one attached hydrogen (secondary N) is 1. The maximum Gasteiger partial charge on any atom is 0.343 e. The number of hydrogen-bond acceptors (Lipinski definition) is 9. The van der Waals surface area contributed by atoms with Crippen LogP contribution in [0.1, 0.15) is 26.3 Å². The number of carbonyl (C=O) groups excluding carboxylic acids is 2. The summed E-state index contributed by atoms with van der Waals surface area (Å²) >= 11 is 0. The van der Waals surface area contributed by atoms with Crippen molar-refractivity contribution in [2.75, 3.05) is 28.4 Å². The summed E-state index contributed by atoms with van der Waals surface area (Å²) in [6.07, 6.45) is 1.46. The van der Waals surface area contributed by atoms with Gasteiger partial charge in [-0.25, -0.2) is 15.2 Å². The Kier molecular flexibility index (Phi) is 9.00. The van der Waals surface area contributed by atoms with Crippen LogP contribution in [0.4, 0.5) is 0 Å².